The fourth-order valence-electron chi connectivity index (χ4n) is 6.39. The molecule has 0 radical (unpaired) electrons. The summed E-state index contributed by atoms with van der Waals surface area (Å²) in [6, 6.07) is 17.6. The highest BCUT2D eigenvalue weighted by molar-refractivity contribution is 5.94. The molecule has 276 valence electrons. The molecule has 15 heteroatoms. The van der Waals surface area contributed by atoms with Crippen molar-refractivity contribution in [2.45, 2.75) is 51.6 Å². The maximum absolute atomic E-state index is 15.0. The maximum Gasteiger partial charge on any atom is 0.416 e. The zero-order chi connectivity index (χ0) is 37.6. The second kappa shape index (κ2) is 16.4. The summed E-state index contributed by atoms with van der Waals surface area (Å²) in [7, 11) is 0. The fraction of sp³-hybridized carbons (Fsp3) is 0.351. The molecule has 52 heavy (non-hydrogen) atoms. The summed E-state index contributed by atoms with van der Waals surface area (Å²) in [6.07, 6.45) is -4.62. The van der Waals surface area contributed by atoms with Crippen molar-refractivity contribution in [2.75, 3.05) is 37.6 Å². The van der Waals surface area contributed by atoms with E-state index in [0.29, 0.717) is 50.3 Å². The lowest BCUT2D eigenvalue weighted by atomic mass is 10.1. The number of nitrogens with zero attached hydrogens (tertiary/aromatic N) is 4. The first kappa shape index (κ1) is 38.0. The third-order valence-corrected chi connectivity index (χ3v) is 9.14. The minimum atomic E-state index is -4.89. The van der Waals surface area contributed by atoms with Crippen LogP contribution >= 0.6 is 0 Å². The van der Waals surface area contributed by atoms with Gasteiger partial charge in [0.25, 0.3) is 11.5 Å². The van der Waals surface area contributed by atoms with E-state index in [1.807, 2.05) is 6.07 Å². The Morgan fingerprint density at radius 2 is 1.62 bits per heavy atom. The number of carboxylic acids is 1. The van der Waals surface area contributed by atoms with E-state index >= 15 is 4.39 Å². The number of amides is 1. The van der Waals surface area contributed by atoms with Crippen LogP contribution in [0.2, 0.25) is 0 Å². The molecule has 4 N–H and O–H groups in total. The molecular formula is C37H40F4N6O5. The molecule has 1 fully saturated rings. The Morgan fingerprint density at radius 3 is 2.29 bits per heavy atom. The van der Waals surface area contributed by atoms with Crippen LogP contribution in [0.5, 0.6) is 0 Å². The summed E-state index contributed by atoms with van der Waals surface area (Å²) >= 11 is 0. The van der Waals surface area contributed by atoms with Crippen LogP contribution in [0.15, 0.2) is 82.4 Å². The van der Waals surface area contributed by atoms with Crippen molar-refractivity contribution in [2.24, 2.45) is 5.73 Å². The fourth-order valence-corrected chi connectivity index (χ4v) is 6.39. The molecule has 1 aliphatic heterocycles. The number of carbonyl (C=O) groups excluding carboxylic acids is 1. The number of rotatable bonds is 13. The SMILES string of the molecule is Cc1c(N2CCN(Cc3cccc(C(=O)NCCCC(=O)O)c3)CC2)c(=O)n(CC(N)c2ccccc2)c(=O)n1Cc1c(F)cccc1C(F)(F)F. The number of hydrogen-bond donors (Lipinski definition) is 3. The first-order valence-electron chi connectivity index (χ1n) is 16.8. The smallest absolute Gasteiger partial charge is 0.416 e. The van der Waals surface area contributed by atoms with Crippen molar-refractivity contribution in [3.63, 3.8) is 0 Å². The highest BCUT2D eigenvalue weighted by Crippen LogP contribution is 2.33. The molecule has 1 atom stereocenters. The largest absolute Gasteiger partial charge is 0.481 e. The number of nitrogens with one attached hydrogen (secondary N) is 1. The molecule has 1 unspecified atom stereocenters. The van der Waals surface area contributed by atoms with Crippen molar-refractivity contribution in [3.8, 4) is 0 Å². The van der Waals surface area contributed by atoms with Gasteiger partial charge in [-0.2, -0.15) is 13.2 Å². The van der Waals surface area contributed by atoms with Gasteiger partial charge >= 0.3 is 17.8 Å². The van der Waals surface area contributed by atoms with Gasteiger partial charge in [0.2, 0.25) is 0 Å². The number of aromatic nitrogens is 2. The summed E-state index contributed by atoms with van der Waals surface area (Å²) in [5.41, 5.74) is 5.09. The first-order valence-corrected chi connectivity index (χ1v) is 16.8. The zero-order valence-electron chi connectivity index (χ0n) is 28.5. The molecule has 0 saturated carbocycles. The molecule has 1 amide bonds. The minimum absolute atomic E-state index is 0.0491. The number of piperazine rings is 1. The van der Waals surface area contributed by atoms with E-state index in [1.54, 1.807) is 53.4 Å². The number of aliphatic carboxylic acids is 1. The number of hydrogen-bond acceptors (Lipinski definition) is 7. The lowest BCUT2D eigenvalue weighted by molar-refractivity contribution is -0.138. The Hall–Kier alpha value is -5.28. The minimum Gasteiger partial charge on any atom is -0.481 e. The molecule has 0 bridgehead atoms. The summed E-state index contributed by atoms with van der Waals surface area (Å²) < 4.78 is 58.9. The molecule has 2 heterocycles. The molecule has 4 aromatic rings. The lowest BCUT2D eigenvalue weighted by Gasteiger charge is -2.37. The predicted octanol–water partition coefficient (Wildman–Crippen LogP) is 4.14. The molecule has 0 aliphatic carbocycles. The number of benzene rings is 3. The third kappa shape index (κ3) is 8.95. The summed E-state index contributed by atoms with van der Waals surface area (Å²) in [5, 5.41) is 11.5. The quantitative estimate of drug-likeness (QED) is 0.138. The van der Waals surface area contributed by atoms with Crippen LogP contribution in [0.3, 0.4) is 0 Å². The molecule has 0 spiro atoms. The summed E-state index contributed by atoms with van der Waals surface area (Å²) in [5.74, 6) is -2.38. The second-order valence-electron chi connectivity index (χ2n) is 12.7. The van der Waals surface area contributed by atoms with Crippen LogP contribution in [-0.2, 0) is 30.6 Å². The van der Waals surface area contributed by atoms with Crippen molar-refractivity contribution >= 4 is 17.6 Å². The van der Waals surface area contributed by atoms with Crippen LogP contribution < -0.4 is 27.2 Å². The Labute approximate surface area is 296 Å². The predicted molar refractivity (Wildman–Crippen MR) is 187 cm³/mol. The number of alkyl halides is 3. The van der Waals surface area contributed by atoms with Gasteiger partial charge in [-0.1, -0.05) is 48.5 Å². The Balaban J connectivity index is 1.41. The van der Waals surface area contributed by atoms with Gasteiger partial charge in [-0.15, -0.1) is 0 Å². The Kier molecular flexibility index (Phi) is 12.0. The molecule has 1 aliphatic rings. The molecule has 3 aromatic carbocycles. The molecular weight excluding hydrogens is 684 g/mol. The van der Waals surface area contributed by atoms with E-state index < -0.39 is 52.9 Å². The van der Waals surface area contributed by atoms with Gasteiger partial charge in [0.1, 0.15) is 11.5 Å². The molecule has 1 saturated heterocycles. The normalized spacial score (nSPS) is 14.3. The summed E-state index contributed by atoms with van der Waals surface area (Å²) in [4.78, 5) is 55.2. The van der Waals surface area contributed by atoms with Gasteiger partial charge in [0.15, 0.2) is 0 Å². The van der Waals surface area contributed by atoms with E-state index in [2.05, 4.69) is 10.2 Å². The van der Waals surface area contributed by atoms with Crippen LogP contribution in [0.25, 0.3) is 0 Å². The zero-order valence-corrected chi connectivity index (χ0v) is 28.5. The standard InChI is InChI=1S/C37H40F4N6O5/c1-24-33(45-18-16-44(17-19-45)21-25-8-5-11-27(20-25)34(50)43-15-7-14-32(48)49)35(51)47(23-31(42)26-9-3-2-4-10-26)36(52)46(24)22-28-29(37(39,40)41)12-6-13-30(28)38/h2-6,8-13,20,31H,7,14-19,21-23,42H2,1H3,(H,43,50)(H,48,49). The topological polar surface area (TPSA) is 143 Å². The number of anilines is 1. The monoisotopic (exact) mass is 724 g/mol. The Bertz CT molecular complexity index is 2020. The van der Waals surface area contributed by atoms with Crippen molar-refractivity contribution in [1.29, 1.82) is 0 Å². The van der Waals surface area contributed by atoms with Gasteiger partial charge in [0, 0.05) is 68.6 Å². The van der Waals surface area contributed by atoms with Gasteiger partial charge in [-0.3, -0.25) is 28.4 Å². The van der Waals surface area contributed by atoms with Crippen LogP contribution in [0.1, 0.15) is 57.2 Å². The van der Waals surface area contributed by atoms with Gasteiger partial charge in [-0.25, -0.2) is 9.18 Å². The van der Waals surface area contributed by atoms with Crippen molar-refractivity contribution < 1.29 is 32.3 Å². The van der Waals surface area contributed by atoms with Crippen LogP contribution in [0, 0.1) is 12.7 Å². The molecule has 11 nitrogen and oxygen atoms in total. The maximum atomic E-state index is 15.0. The lowest BCUT2D eigenvalue weighted by Crippen LogP contribution is -2.51. The van der Waals surface area contributed by atoms with Gasteiger partial charge < -0.3 is 21.1 Å². The highest BCUT2D eigenvalue weighted by atomic mass is 19.4. The van der Waals surface area contributed by atoms with Crippen molar-refractivity contribution in [1.82, 2.24) is 19.4 Å². The van der Waals surface area contributed by atoms with Gasteiger partial charge in [-0.05, 0) is 48.7 Å². The van der Waals surface area contributed by atoms with Crippen LogP contribution in [-0.4, -0.2) is 63.7 Å². The van der Waals surface area contributed by atoms with Gasteiger partial charge in [0.05, 0.1) is 18.7 Å². The highest BCUT2D eigenvalue weighted by Gasteiger charge is 2.35. The first-order chi connectivity index (χ1) is 24.7. The number of nitrogens with two attached hydrogens (primary N) is 1. The van der Waals surface area contributed by atoms with E-state index in [4.69, 9.17) is 10.8 Å². The number of halogens is 4. The van der Waals surface area contributed by atoms with Crippen molar-refractivity contribution in [3.05, 3.63) is 133 Å². The van der Waals surface area contributed by atoms with E-state index in [1.165, 1.54) is 6.92 Å². The molecule has 1 aromatic heterocycles. The number of carboxylic acid groups (broad SMARTS) is 1. The molecule has 5 rings (SSSR count). The third-order valence-electron chi connectivity index (χ3n) is 9.14. The number of carbonyl (C=O) groups is 2. The average molecular weight is 725 g/mol. The van der Waals surface area contributed by atoms with E-state index in [0.717, 1.165) is 32.9 Å². The average Bonchev–Trinajstić information content (AvgIpc) is 3.11. The van der Waals surface area contributed by atoms with Crippen LogP contribution in [0.4, 0.5) is 23.2 Å². The Morgan fingerprint density at radius 1 is 0.923 bits per heavy atom. The second-order valence-corrected chi connectivity index (χ2v) is 12.7. The van der Waals surface area contributed by atoms with E-state index in [-0.39, 0.29) is 36.8 Å². The summed E-state index contributed by atoms with van der Waals surface area (Å²) in [6.45, 7) is 2.76. The van der Waals surface area contributed by atoms with E-state index in [9.17, 15) is 32.3 Å².